The molecule has 1 atom stereocenters. The van der Waals surface area contributed by atoms with Crippen molar-refractivity contribution in [2.75, 3.05) is 0 Å². The van der Waals surface area contributed by atoms with Crippen molar-refractivity contribution >= 4 is 27.8 Å². The van der Waals surface area contributed by atoms with Gasteiger partial charge in [-0.15, -0.1) is 0 Å². The van der Waals surface area contributed by atoms with Crippen molar-refractivity contribution in [1.29, 1.82) is 0 Å². The van der Waals surface area contributed by atoms with Crippen LogP contribution in [-0.2, 0) is 17.9 Å². The van der Waals surface area contributed by atoms with Gasteiger partial charge in [0.25, 0.3) is 5.56 Å². The molecule has 6 nitrogen and oxygen atoms in total. The summed E-state index contributed by atoms with van der Waals surface area (Å²) < 4.78 is 17.2. The number of carbonyl (C=O) groups is 1. The summed E-state index contributed by atoms with van der Waals surface area (Å²) in [6.45, 7) is 8.12. The standard InChI is InChI=1S/C25H27FN4O2/c1-16(17-8-6-5-7-9-17)13-29-15-27-22-19-12-18(26)10-11-20(19)30(23(22)24(29)32)14-21(31)28-25(2,3)4/h5-12,15-16H,13-14H2,1-4H3,(H,28,31)/t16-/m1/s1. The zero-order valence-corrected chi connectivity index (χ0v) is 18.7. The van der Waals surface area contributed by atoms with Crippen LogP contribution < -0.4 is 10.9 Å². The van der Waals surface area contributed by atoms with E-state index in [2.05, 4.69) is 10.3 Å². The predicted molar refractivity (Wildman–Crippen MR) is 124 cm³/mol. The first-order valence-corrected chi connectivity index (χ1v) is 10.7. The quantitative estimate of drug-likeness (QED) is 0.512. The van der Waals surface area contributed by atoms with Crippen LogP contribution >= 0.6 is 0 Å². The van der Waals surface area contributed by atoms with Crippen molar-refractivity contribution in [3.8, 4) is 0 Å². The first-order chi connectivity index (χ1) is 15.1. The van der Waals surface area contributed by atoms with E-state index >= 15 is 0 Å². The Bertz CT molecular complexity index is 1350. The molecule has 1 N–H and O–H groups in total. The molecular weight excluding hydrogens is 407 g/mol. The summed E-state index contributed by atoms with van der Waals surface area (Å²) in [5.74, 6) is -0.555. The fourth-order valence-corrected chi connectivity index (χ4v) is 4.05. The third-order valence-corrected chi connectivity index (χ3v) is 5.44. The van der Waals surface area contributed by atoms with E-state index < -0.39 is 11.4 Å². The van der Waals surface area contributed by atoms with Gasteiger partial charge in [-0.3, -0.25) is 14.2 Å². The third-order valence-electron chi connectivity index (χ3n) is 5.44. The first-order valence-electron chi connectivity index (χ1n) is 10.7. The van der Waals surface area contributed by atoms with Crippen molar-refractivity contribution in [3.63, 3.8) is 0 Å². The molecule has 4 aromatic rings. The SMILES string of the molecule is C[C@H](Cn1cnc2c3cc(F)ccc3n(CC(=O)NC(C)(C)C)c2c1=O)c1ccccc1. The molecule has 0 fully saturated rings. The van der Waals surface area contributed by atoms with Crippen molar-refractivity contribution in [3.05, 3.63) is 76.6 Å². The largest absolute Gasteiger partial charge is 0.350 e. The lowest BCUT2D eigenvalue weighted by Crippen LogP contribution is -2.42. The van der Waals surface area contributed by atoms with Gasteiger partial charge < -0.3 is 9.88 Å². The average Bonchev–Trinajstić information content (AvgIpc) is 3.02. The Balaban J connectivity index is 1.83. The van der Waals surface area contributed by atoms with Crippen LogP contribution in [-0.4, -0.2) is 25.6 Å². The molecule has 166 valence electrons. The number of hydrogen-bond acceptors (Lipinski definition) is 3. The number of amides is 1. The fraction of sp³-hybridized carbons (Fsp3) is 0.320. The molecule has 32 heavy (non-hydrogen) atoms. The normalized spacial score (nSPS) is 12.9. The third kappa shape index (κ3) is 4.28. The molecule has 0 saturated carbocycles. The first kappa shape index (κ1) is 21.7. The number of hydrogen-bond donors (Lipinski definition) is 1. The second kappa shape index (κ2) is 8.22. The number of benzene rings is 2. The van der Waals surface area contributed by atoms with E-state index in [0.29, 0.717) is 28.5 Å². The molecule has 0 bridgehead atoms. The van der Waals surface area contributed by atoms with Crippen molar-refractivity contribution in [2.24, 2.45) is 0 Å². The minimum atomic E-state index is -0.417. The Hall–Kier alpha value is -3.48. The molecule has 0 spiro atoms. The van der Waals surface area contributed by atoms with Crippen LogP contribution in [0.3, 0.4) is 0 Å². The van der Waals surface area contributed by atoms with Crippen LogP contribution in [0.1, 0.15) is 39.2 Å². The van der Waals surface area contributed by atoms with Gasteiger partial charge in [0.05, 0.1) is 11.8 Å². The predicted octanol–water partition coefficient (Wildman–Crippen LogP) is 4.21. The maximum atomic E-state index is 14.0. The summed E-state index contributed by atoms with van der Waals surface area (Å²) in [5.41, 5.74) is 1.76. The summed E-state index contributed by atoms with van der Waals surface area (Å²) in [4.78, 5) is 30.7. The van der Waals surface area contributed by atoms with Crippen molar-refractivity contribution < 1.29 is 9.18 Å². The molecule has 0 saturated heterocycles. The van der Waals surface area contributed by atoms with Crippen LogP contribution in [0, 0.1) is 5.82 Å². The van der Waals surface area contributed by atoms with Crippen LogP contribution in [0.15, 0.2) is 59.7 Å². The highest BCUT2D eigenvalue weighted by atomic mass is 19.1. The maximum absolute atomic E-state index is 14.0. The van der Waals surface area contributed by atoms with Gasteiger partial charge in [-0.2, -0.15) is 0 Å². The molecule has 0 unspecified atom stereocenters. The summed E-state index contributed by atoms with van der Waals surface area (Å²) in [6, 6.07) is 14.2. The summed E-state index contributed by atoms with van der Waals surface area (Å²) >= 11 is 0. The number of nitrogens with zero attached hydrogens (tertiary/aromatic N) is 3. The Morgan fingerprint density at radius 3 is 2.56 bits per heavy atom. The van der Waals surface area contributed by atoms with E-state index in [9.17, 15) is 14.0 Å². The Morgan fingerprint density at radius 1 is 1.16 bits per heavy atom. The monoisotopic (exact) mass is 434 g/mol. The molecule has 0 aliphatic heterocycles. The van der Waals surface area contributed by atoms with Gasteiger partial charge in [-0.05, 0) is 50.5 Å². The van der Waals surface area contributed by atoms with Gasteiger partial charge in [0, 0.05) is 17.5 Å². The summed E-state index contributed by atoms with van der Waals surface area (Å²) in [5, 5.41) is 3.44. The molecular formula is C25H27FN4O2. The highest BCUT2D eigenvalue weighted by molar-refractivity contribution is 6.06. The molecule has 2 aromatic carbocycles. The van der Waals surface area contributed by atoms with Gasteiger partial charge in [0.15, 0.2) is 0 Å². The Kier molecular flexibility index (Phi) is 5.59. The van der Waals surface area contributed by atoms with Crippen LogP contribution in [0.2, 0.25) is 0 Å². The van der Waals surface area contributed by atoms with E-state index in [1.54, 1.807) is 15.2 Å². The van der Waals surface area contributed by atoms with E-state index in [-0.39, 0.29) is 23.9 Å². The van der Waals surface area contributed by atoms with Gasteiger partial charge >= 0.3 is 0 Å². The molecule has 0 aliphatic rings. The Labute approximate surface area is 185 Å². The van der Waals surface area contributed by atoms with Crippen LogP contribution in [0.4, 0.5) is 4.39 Å². The van der Waals surface area contributed by atoms with Gasteiger partial charge in [0.1, 0.15) is 23.4 Å². The van der Waals surface area contributed by atoms with Crippen molar-refractivity contribution in [2.45, 2.75) is 52.2 Å². The number of aromatic nitrogens is 3. The smallest absolute Gasteiger partial charge is 0.277 e. The lowest BCUT2D eigenvalue weighted by Gasteiger charge is -2.21. The van der Waals surface area contributed by atoms with Gasteiger partial charge in [-0.25, -0.2) is 9.37 Å². The number of carbonyl (C=O) groups excluding carboxylic acids is 1. The van der Waals surface area contributed by atoms with Gasteiger partial charge in [-0.1, -0.05) is 37.3 Å². The molecule has 7 heteroatoms. The lowest BCUT2D eigenvalue weighted by atomic mass is 10.0. The molecule has 0 aliphatic carbocycles. The van der Waals surface area contributed by atoms with E-state index in [4.69, 9.17) is 0 Å². The van der Waals surface area contributed by atoms with Crippen molar-refractivity contribution in [1.82, 2.24) is 19.4 Å². The van der Waals surface area contributed by atoms with Crippen LogP contribution in [0.25, 0.3) is 21.9 Å². The van der Waals surface area contributed by atoms with Crippen LogP contribution in [0.5, 0.6) is 0 Å². The van der Waals surface area contributed by atoms with E-state index in [1.165, 1.54) is 18.5 Å². The average molecular weight is 435 g/mol. The maximum Gasteiger partial charge on any atom is 0.277 e. The molecule has 4 rings (SSSR count). The van der Waals surface area contributed by atoms with Gasteiger partial charge in [0.2, 0.25) is 5.91 Å². The number of rotatable bonds is 5. The molecule has 1 amide bonds. The highest BCUT2D eigenvalue weighted by Gasteiger charge is 2.21. The van der Waals surface area contributed by atoms with E-state index in [0.717, 1.165) is 5.56 Å². The topological polar surface area (TPSA) is 68.9 Å². The second-order valence-corrected chi connectivity index (χ2v) is 9.26. The second-order valence-electron chi connectivity index (χ2n) is 9.26. The minimum absolute atomic E-state index is 0.0575. The Morgan fingerprint density at radius 2 is 1.88 bits per heavy atom. The van der Waals surface area contributed by atoms with E-state index in [1.807, 2.05) is 58.0 Å². The number of nitrogens with one attached hydrogen (secondary N) is 1. The summed E-state index contributed by atoms with van der Waals surface area (Å²) in [6.07, 6.45) is 1.51. The molecule has 2 heterocycles. The summed E-state index contributed by atoms with van der Waals surface area (Å²) in [7, 11) is 0. The number of halogens is 1. The lowest BCUT2D eigenvalue weighted by molar-refractivity contribution is -0.122. The molecule has 0 radical (unpaired) electrons. The molecule has 2 aromatic heterocycles. The highest BCUT2D eigenvalue weighted by Crippen LogP contribution is 2.26. The zero-order valence-electron chi connectivity index (χ0n) is 18.7. The minimum Gasteiger partial charge on any atom is -0.350 e. The number of fused-ring (bicyclic) bond motifs is 3. The fourth-order valence-electron chi connectivity index (χ4n) is 4.05. The zero-order chi connectivity index (χ0) is 23.0.